The van der Waals surface area contributed by atoms with Crippen LogP contribution in [0.1, 0.15) is 16.1 Å². The maximum absolute atomic E-state index is 12.1. The maximum atomic E-state index is 12.1. The van der Waals surface area contributed by atoms with Gasteiger partial charge in [-0.2, -0.15) is 0 Å². The lowest BCUT2D eigenvalue weighted by Crippen LogP contribution is -2.23. The van der Waals surface area contributed by atoms with E-state index in [0.29, 0.717) is 0 Å². The number of hydrogen-bond acceptors (Lipinski definition) is 4. The number of aromatic carboxylic acids is 1. The summed E-state index contributed by atoms with van der Waals surface area (Å²) in [4.78, 5) is 10.5. The molecular formula is C12H10BrNO5S. The highest BCUT2D eigenvalue weighted by molar-refractivity contribution is 9.10. The van der Waals surface area contributed by atoms with Crippen LogP contribution in [0.3, 0.4) is 0 Å². The quantitative estimate of drug-likeness (QED) is 0.852. The zero-order valence-corrected chi connectivity index (χ0v) is 12.4. The highest BCUT2D eigenvalue weighted by Crippen LogP contribution is 2.26. The van der Waals surface area contributed by atoms with Gasteiger partial charge in [-0.3, -0.25) is 0 Å². The van der Waals surface area contributed by atoms with Gasteiger partial charge in [-0.15, -0.1) is 0 Å². The third-order valence-corrected chi connectivity index (χ3v) is 4.72. The predicted octanol–water partition coefficient (Wildman–Crippen LogP) is 2.22. The highest BCUT2D eigenvalue weighted by atomic mass is 79.9. The Labute approximate surface area is 123 Å². The van der Waals surface area contributed by atoms with E-state index in [0.717, 1.165) is 11.6 Å². The molecule has 6 nitrogen and oxygen atoms in total. The maximum Gasteiger partial charge on any atom is 0.371 e. The molecule has 106 valence electrons. The largest absolute Gasteiger partial charge is 0.475 e. The monoisotopic (exact) mass is 359 g/mol. The number of nitrogens with one attached hydrogen (secondary N) is 1. The lowest BCUT2D eigenvalue weighted by atomic mass is 10.2. The Morgan fingerprint density at radius 3 is 2.50 bits per heavy atom. The van der Waals surface area contributed by atoms with E-state index in [1.54, 1.807) is 24.3 Å². The van der Waals surface area contributed by atoms with E-state index in [9.17, 15) is 13.2 Å². The van der Waals surface area contributed by atoms with Crippen molar-refractivity contribution in [3.63, 3.8) is 0 Å². The van der Waals surface area contributed by atoms with Gasteiger partial charge in [-0.25, -0.2) is 17.9 Å². The second-order valence-corrected chi connectivity index (χ2v) is 6.32. The number of benzene rings is 1. The first-order valence-electron chi connectivity index (χ1n) is 5.46. The van der Waals surface area contributed by atoms with Gasteiger partial charge in [0.2, 0.25) is 15.8 Å². The molecule has 8 heteroatoms. The lowest BCUT2D eigenvalue weighted by molar-refractivity contribution is 0.0661. The van der Waals surface area contributed by atoms with Crippen LogP contribution in [0.5, 0.6) is 0 Å². The molecule has 1 aromatic heterocycles. The molecule has 0 unspecified atom stereocenters. The second-order valence-electron chi connectivity index (χ2n) is 3.86. The van der Waals surface area contributed by atoms with Gasteiger partial charge in [0.1, 0.15) is 4.90 Å². The number of rotatable bonds is 5. The molecule has 2 rings (SSSR count). The molecule has 2 N–H and O–H groups in total. The fourth-order valence-corrected chi connectivity index (χ4v) is 3.45. The molecule has 0 amide bonds. The minimum atomic E-state index is -3.86. The smallest absolute Gasteiger partial charge is 0.371 e. The molecule has 2 aromatic rings. The van der Waals surface area contributed by atoms with E-state index in [4.69, 9.17) is 9.52 Å². The predicted molar refractivity (Wildman–Crippen MR) is 73.8 cm³/mol. The number of furan rings is 1. The number of sulfonamides is 1. The van der Waals surface area contributed by atoms with E-state index in [1.807, 2.05) is 6.07 Å². The molecule has 0 aliphatic rings. The van der Waals surface area contributed by atoms with E-state index in [1.165, 1.54) is 0 Å². The van der Waals surface area contributed by atoms with Crippen LogP contribution < -0.4 is 4.72 Å². The molecule has 0 bridgehead atoms. The first-order chi connectivity index (χ1) is 9.40. The Kier molecular flexibility index (Phi) is 4.26. The number of halogens is 1. The molecule has 0 aliphatic heterocycles. The fourth-order valence-electron chi connectivity index (χ4n) is 1.49. The molecule has 0 spiro atoms. The summed E-state index contributed by atoms with van der Waals surface area (Å²) in [6.45, 7) is 0.100. The van der Waals surface area contributed by atoms with Crippen molar-refractivity contribution in [3.8, 4) is 0 Å². The molecule has 0 aliphatic carbocycles. The standard InChI is InChI=1S/C12H10BrNO5S/c13-11-10(6-9(19-11)12(15)16)20(17,18)14-7-8-4-2-1-3-5-8/h1-6,14H,7H2,(H,15,16). The van der Waals surface area contributed by atoms with E-state index >= 15 is 0 Å². The molecule has 0 saturated heterocycles. The van der Waals surface area contributed by atoms with Crippen molar-refractivity contribution in [2.45, 2.75) is 11.4 Å². The number of hydrogen-bond donors (Lipinski definition) is 2. The summed E-state index contributed by atoms with van der Waals surface area (Å²) in [5.41, 5.74) is 0.786. The molecule has 1 aromatic carbocycles. The Bertz CT molecular complexity index is 724. The van der Waals surface area contributed by atoms with Gasteiger partial charge in [-0.05, 0) is 21.5 Å². The van der Waals surface area contributed by atoms with Crippen LogP contribution in [0.25, 0.3) is 0 Å². The van der Waals surface area contributed by atoms with E-state index in [-0.39, 0.29) is 16.1 Å². The Morgan fingerprint density at radius 1 is 1.30 bits per heavy atom. The van der Waals surface area contributed by atoms with Gasteiger partial charge in [0.15, 0.2) is 4.67 Å². The molecule has 20 heavy (non-hydrogen) atoms. The fraction of sp³-hybridized carbons (Fsp3) is 0.0833. The normalized spacial score (nSPS) is 11.4. The number of carbonyl (C=O) groups is 1. The van der Waals surface area contributed by atoms with Crippen molar-refractivity contribution in [3.05, 3.63) is 52.4 Å². The van der Waals surface area contributed by atoms with Crippen molar-refractivity contribution >= 4 is 31.9 Å². The molecule has 1 heterocycles. The topological polar surface area (TPSA) is 96.6 Å². The van der Waals surface area contributed by atoms with Crippen LogP contribution >= 0.6 is 15.9 Å². The molecule has 0 fully saturated rings. The third-order valence-electron chi connectivity index (χ3n) is 2.46. The van der Waals surface area contributed by atoms with E-state index in [2.05, 4.69) is 20.7 Å². The second kappa shape index (κ2) is 5.78. The third kappa shape index (κ3) is 3.27. The van der Waals surface area contributed by atoms with Crippen LogP contribution in [-0.2, 0) is 16.6 Å². The van der Waals surface area contributed by atoms with Crippen LogP contribution in [0, 0.1) is 0 Å². The average Bonchev–Trinajstić information content (AvgIpc) is 2.81. The minimum absolute atomic E-state index is 0.100. The summed E-state index contributed by atoms with van der Waals surface area (Å²) < 4.78 is 31.2. The zero-order valence-electron chi connectivity index (χ0n) is 10.0. The van der Waals surface area contributed by atoms with Crippen molar-refractivity contribution in [2.75, 3.05) is 0 Å². The Morgan fingerprint density at radius 2 is 1.95 bits per heavy atom. The van der Waals surface area contributed by atoms with Crippen LogP contribution in [0.15, 0.2) is 50.4 Å². The molecule has 0 atom stereocenters. The van der Waals surface area contributed by atoms with Gasteiger partial charge < -0.3 is 9.52 Å². The van der Waals surface area contributed by atoms with Gasteiger partial charge in [-0.1, -0.05) is 30.3 Å². The van der Waals surface area contributed by atoms with Crippen LogP contribution in [-0.4, -0.2) is 19.5 Å². The number of carboxylic acids is 1. The molecular weight excluding hydrogens is 350 g/mol. The average molecular weight is 360 g/mol. The Balaban J connectivity index is 2.20. The van der Waals surface area contributed by atoms with Gasteiger partial charge in [0.05, 0.1) is 0 Å². The summed E-state index contributed by atoms with van der Waals surface area (Å²) in [7, 11) is -3.86. The summed E-state index contributed by atoms with van der Waals surface area (Å²) in [6.07, 6.45) is 0. The SMILES string of the molecule is O=C(O)c1cc(S(=O)(=O)NCc2ccccc2)c(Br)o1. The summed E-state index contributed by atoms with van der Waals surface area (Å²) >= 11 is 2.90. The zero-order chi connectivity index (χ0) is 14.8. The van der Waals surface area contributed by atoms with Crippen molar-refractivity contribution < 1.29 is 22.7 Å². The van der Waals surface area contributed by atoms with Gasteiger partial charge >= 0.3 is 5.97 Å². The summed E-state index contributed by atoms with van der Waals surface area (Å²) in [5.74, 6) is -1.79. The lowest BCUT2D eigenvalue weighted by Gasteiger charge is -2.04. The highest BCUT2D eigenvalue weighted by Gasteiger charge is 2.24. The number of carboxylic acid groups (broad SMARTS) is 1. The first kappa shape index (κ1) is 14.8. The minimum Gasteiger partial charge on any atom is -0.475 e. The van der Waals surface area contributed by atoms with Crippen LogP contribution in [0.2, 0.25) is 0 Å². The molecule has 0 saturated carbocycles. The van der Waals surface area contributed by atoms with Crippen molar-refractivity contribution in [1.82, 2.24) is 4.72 Å². The van der Waals surface area contributed by atoms with Crippen LogP contribution in [0.4, 0.5) is 0 Å². The van der Waals surface area contributed by atoms with Gasteiger partial charge in [0.25, 0.3) is 0 Å². The summed E-state index contributed by atoms with van der Waals surface area (Å²) in [6, 6.07) is 9.91. The van der Waals surface area contributed by atoms with Crippen molar-refractivity contribution in [1.29, 1.82) is 0 Å². The molecule has 0 radical (unpaired) electrons. The first-order valence-corrected chi connectivity index (χ1v) is 7.74. The van der Waals surface area contributed by atoms with E-state index < -0.39 is 21.8 Å². The Hall–Kier alpha value is -1.64. The summed E-state index contributed by atoms with van der Waals surface area (Å²) in [5, 5.41) is 8.77. The van der Waals surface area contributed by atoms with Crippen molar-refractivity contribution in [2.24, 2.45) is 0 Å². The van der Waals surface area contributed by atoms with Gasteiger partial charge in [0, 0.05) is 12.6 Å².